The van der Waals surface area contributed by atoms with Crippen molar-refractivity contribution >= 4 is 0 Å². The van der Waals surface area contributed by atoms with Gasteiger partial charge in [-0.05, 0) is 55.3 Å². The van der Waals surface area contributed by atoms with Gasteiger partial charge in [0.1, 0.15) is 0 Å². The van der Waals surface area contributed by atoms with Crippen LogP contribution >= 0.6 is 0 Å². The first kappa shape index (κ1) is 14.4. The van der Waals surface area contributed by atoms with Crippen LogP contribution in [0.3, 0.4) is 0 Å². The molecule has 1 aliphatic carbocycles. The van der Waals surface area contributed by atoms with Gasteiger partial charge in [-0.3, -0.25) is 0 Å². The molecule has 2 atom stereocenters. The molecule has 2 unspecified atom stereocenters. The van der Waals surface area contributed by atoms with Gasteiger partial charge < -0.3 is 5.73 Å². The predicted molar refractivity (Wildman–Crippen MR) is 69.7 cm³/mol. The van der Waals surface area contributed by atoms with E-state index >= 15 is 0 Å². The van der Waals surface area contributed by atoms with Crippen molar-refractivity contribution in [2.24, 2.45) is 17.6 Å². The molecule has 0 aliphatic heterocycles. The Morgan fingerprint density at radius 3 is 2.11 bits per heavy atom. The van der Waals surface area contributed by atoms with E-state index in [4.69, 9.17) is 5.73 Å². The van der Waals surface area contributed by atoms with Crippen LogP contribution in [-0.2, 0) is 12.6 Å². The second-order valence-electron chi connectivity index (χ2n) is 5.44. The first-order valence-corrected chi connectivity index (χ1v) is 6.87. The van der Waals surface area contributed by atoms with Gasteiger partial charge in [0.25, 0.3) is 0 Å². The maximum Gasteiger partial charge on any atom is 0.416 e. The summed E-state index contributed by atoms with van der Waals surface area (Å²) in [4.78, 5) is 0. The number of halogens is 3. The molecule has 2 rings (SSSR count). The van der Waals surface area contributed by atoms with Gasteiger partial charge in [0, 0.05) is 0 Å². The average Bonchev–Trinajstić information content (AvgIpc) is 2.39. The maximum atomic E-state index is 12.5. The summed E-state index contributed by atoms with van der Waals surface area (Å²) >= 11 is 0. The summed E-state index contributed by atoms with van der Waals surface area (Å²) in [5.74, 6) is 1.05. The quantitative estimate of drug-likeness (QED) is 0.883. The Balaban J connectivity index is 2.02. The van der Waals surface area contributed by atoms with Gasteiger partial charge in [-0.25, -0.2) is 0 Å². The molecule has 1 fully saturated rings. The van der Waals surface area contributed by atoms with Crippen molar-refractivity contribution in [3.05, 3.63) is 35.4 Å². The number of nitrogens with two attached hydrogens (primary N) is 1. The van der Waals surface area contributed by atoms with E-state index in [-0.39, 0.29) is 0 Å². The minimum Gasteiger partial charge on any atom is -0.330 e. The molecule has 0 amide bonds. The topological polar surface area (TPSA) is 26.0 Å². The second-order valence-corrected chi connectivity index (χ2v) is 5.44. The zero-order valence-corrected chi connectivity index (χ0v) is 10.9. The second kappa shape index (κ2) is 5.95. The predicted octanol–water partition coefficient (Wildman–Crippen LogP) is 4.01. The minimum absolute atomic E-state index is 0.524. The zero-order valence-electron chi connectivity index (χ0n) is 10.9. The highest BCUT2D eigenvalue weighted by Crippen LogP contribution is 2.33. The van der Waals surface area contributed by atoms with E-state index < -0.39 is 11.7 Å². The molecule has 0 spiro atoms. The molecule has 1 aliphatic rings. The summed E-state index contributed by atoms with van der Waals surface area (Å²) in [5.41, 5.74) is 6.19. The summed E-state index contributed by atoms with van der Waals surface area (Å²) < 4.78 is 37.4. The molecule has 0 radical (unpaired) electrons. The molecule has 1 aromatic rings. The number of hydrogen-bond acceptors (Lipinski definition) is 1. The van der Waals surface area contributed by atoms with Gasteiger partial charge in [0.15, 0.2) is 0 Å². The molecule has 1 nitrogen and oxygen atoms in total. The van der Waals surface area contributed by atoms with Gasteiger partial charge in [0.2, 0.25) is 0 Å². The van der Waals surface area contributed by atoms with E-state index in [0.717, 1.165) is 24.8 Å². The van der Waals surface area contributed by atoms with Gasteiger partial charge in [-0.1, -0.05) is 25.0 Å². The highest BCUT2D eigenvalue weighted by Gasteiger charge is 2.30. The van der Waals surface area contributed by atoms with Crippen molar-refractivity contribution in [1.82, 2.24) is 0 Å². The Bertz CT molecular complexity index is 397. The summed E-state index contributed by atoms with van der Waals surface area (Å²) in [5, 5.41) is 0. The third-order valence-corrected chi connectivity index (χ3v) is 4.15. The van der Waals surface area contributed by atoms with Crippen LogP contribution < -0.4 is 5.73 Å². The van der Waals surface area contributed by atoms with Crippen molar-refractivity contribution in [3.63, 3.8) is 0 Å². The zero-order chi connectivity index (χ0) is 13.9. The molecule has 0 heterocycles. The normalized spacial score (nSPS) is 24.4. The molecule has 0 aromatic heterocycles. The van der Waals surface area contributed by atoms with E-state index in [0.29, 0.717) is 18.4 Å². The van der Waals surface area contributed by atoms with Crippen molar-refractivity contribution in [2.45, 2.75) is 38.3 Å². The Morgan fingerprint density at radius 2 is 1.58 bits per heavy atom. The molecule has 106 valence electrons. The van der Waals surface area contributed by atoms with E-state index in [1.165, 1.54) is 25.0 Å². The summed E-state index contributed by atoms with van der Waals surface area (Å²) in [6, 6.07) is 5.56. The van der Waals surface area contributed by atoms with Crippen molar-refractivity contribution in [2.75, 3.05) is 6.54 Å². The highest BCUT2D eigenvalue weighted by atomic mass is 19.4. The number of alkyl halides is 3. The Labute approximate surface area is 112 Å². The lowest BCUT2D eigenvalue weighted by molar-refractivity contribution is -0.137. The highest BCUT2D eigenvalue weighted by molar-refractivity contribution is 5.25. The molecule has 4 heteroatoms. The van der Waals surface area contributed by atoms with E-state index in [1.54, 1.807) is 12.1 Å². The molecular formula is C15H20F3N. The fourth-order valence-electron chi connectivity index (χ4n) is 3.00. The lowest BCUT2D eigenvalue weighted by atomic mass is 9.76. The molecule has 19 heavy (non-hydrogen) atoms. The molecule has 0 saturated heterocycles. The van der Waals surface area contributed by atoms with Crippen LogP contribution in [0, 0.1) is 11.8 Å². The average molecular weight is 271 g/mol. The maximum absolute atomic E-state index is 12.5. The van der Waals surface area contributed by atoms with Crippen LogP contribution in [0.4, 0.5) is 13.2 Å². The minimum atomic E-state index is -4.25. The number of rotatable bonds is 3. The van der Waals surface area contributed by atoms with E-state index in [1.807, 2.05) is 0 Å². The van der Waals surface area contributed by atoms with Crippen LogP contribution in [0.5, 0.6) is 0 Å². The lowest BCUT2D eigenvalue weighted by Crippen LogP contribution is -2.28. The Hall–Kier alpha value is -1.03. The molecule has 0 bridgehead atoms. The van der Waals surface area contributed by atoms with E-state index in [9.17, 15) is 13.2 Å². The lowest BCUT2D eigenvalue weighted by Gasteiger charge is -2.30. The van der Waals surface area contributed by atoms with Gasteiger partial charge >= 0.3 is 6.18 Å². The summed E-state index contributed by atoms with van der Waals surface area (Å²) in [7, 11) is 0. The molecule has 1 aromatic carbocycles. The van der Waals surface area contributed by atoms with Crippen molar-refractivity contribution < 1.29 is 13.2 Å². The molecule has 2 N–H and O–H groups in total. The van der Waals surface area contributed by atoms with Crippen LogP contribution in [0.1, 0.15) is 36.8 Å². The standard InChI is InChI=1S/C15H20F3N/c16-15(17,18)14-7-5-11(6-8-14)9-12-3-1-2-4-13(12)10-19/h5-8,12-13H,1-4,9-10,19H2. The Morgan fingerprint density at radius 1 is 1.00 bits per heavy atom. The van der Waals surface area contributed by atoms with Crippen LogP contribution in [0.25, 0.3) is 0 Å². The Kier molecular flexibility index (Phi) is 4.50. The van der Waals surface area contributed by atoms with Crippen molar-refractivity contribution in [1.29, 1.82) is 0 Å². The van der Waals surface area contributed by atoms with Crippen LogP contribution in [-0.4, -0.2) is 6.54 Å². The van der Waals surface area contributed by atoms with Crippen LogP contribution in [0.15, 0.2) is 24.3 Å². The molecular weight excluding hydrogens is 251 g/mol. The molecule has 1 saturated carbocycles. The van der Waals surface area contributed by atoms with Gasteiger partial charge in [-0.15, -0.1) is 0 Å². The summed E-state index contributed by atoms with van der Waals surface area (Å²) in [6.07, 6.45) is 1.33. The smallest absolute Gasteiger partial charge is 0.330 e. The van der Waals surface area contributed by atoms with Crippen LogP contribution in [0.2, 0.25) is 0 Å². The summed E-state index contributed by atoms with van der Waals surface area (Å²) in [6.45, 7) is 0.686. The fraction of sp³-hybridized carbons (Fsp3) is 0.600. The monoisotopic (exact) mass is 271 g/mol. The van der Waals surface area contributed by atoms with Gasteiger partial charge in [0.05, 0.1) is 5.56 Å². The largest absolute Gasteiger partial charge is 0.416 e. The number of hydrogen-bond donors (Lipinski definition) is 1. The first-order chi connectivity index (χ1) is 9.00. The number of benzene rings is 1. The van der Waals surface area contributed by atoms with E-state index in [2.05, 4.69) is 0 Å². The van der Waals surface area contributed by atoms with Gasteiger partial charge in [-0.2, -0.15) is 13.2 Å². The third kappa shape index (κ3) is 3.72. The third-order valence-electron chi connectivity index (χ3n) is 4.15. The van der Waals surface area contributed by atoms with Crippen molar-refractivity contribution in [3.8, 4) is 0 Å². The fourth-order valence-corrected chi connectivity index (χ4v) is 3.00. The first-order valence-electron chi connectivity index (χ1n) is 6.87. The SMILES string of the molecule is NCC1CCCCC1Cc1ccc(C(F)(F)F)cc1.